The Morgan fingerprint density at radius 2 is 1.94 bits per heavy atom. The Hall–Kier alpha value is -3.43. The number of cyclic esters (lactones) is 1. The number of Topliss-reactive ketones (excluding diaryl/α,β-unsaturated/α-hetero) is 1. The molecule has 2 aromatic carbocycles. The Morgan fingerprint density at radius 1 is 1.18 bits per heavy atom. The molecule has 0 spiro atoms. The Bertz CT molecular complexity index is 1180. The van der Waals surface area contributed by atoms with E-state index in [1.54, 1.807) is 10.7 Å². The van der Waals surface area contributed by atoms with Crippen molar-refractivity contribution in [1.29, 1.82) is 0 Å². The number of benzene rings is 2. The predicted octanol–water partition coefficient (Wildman–Crippen LogP) is 2.66. The second-order valence-corrected chi connectivity index (χ2v) is 9.07. The third kappa shape index (κ3) is 4.49. The third-order valence-corrected chi connectivity index (χ3v) is 6.98. The van der Waals surface area contributed by atoms with Gasteiger partial charge >= 0.3 is 5.97 Å². The van der Waals surface area contributed by atoms with Gasteiger partial charge in [0.1, 0.15) is 12.9 Å². The number of ether oxygens (including phenoxy) is 1. The molecule has 1 aromatic heterocycles. The van der Waals surface area contributed by atoms with Crippen LogP contribution in [0, 0.1) is 12.8 Å². The number of aliphatic hydroxyl groups excluding tert-OH is 1. The van der Waals surface area contributed by atoms with Crippen LogP contribution in [0.1, 0.15) is 62.8 Å². The van der Waals surface area contributed by atoms with Crippen molar-refractivity contribution in [2.24, 2.45) is 5.92 Å². The van der Waals surface area contributed by atoms with Gasteiger partial charge in [-0.05, 0) is 90.7 Å². The molecule has 0 saturated carbocycles. The first-order valence-corrected chi connectivity index (χ1v) is 11.6. The molecular formula is C25H27N5O4. The summed E-state index contributed by atoms with van der Waals surface area (Å²) in [6, 6.07) is 10.9. The molecule has 2 aliphatic heterocycles. The second-order valence-electron chi connectivity index (χ2n) is 9.07. The van der Waals surface area contributed by atoms with Crippen molar-refractivity contribution >= 4 is 11.8 Å². The highest BCUT2D eigenvalue weighted by Crippen LogP contribution is 2.30. The molecule has 34 heavy (non-hydrogen) atoms. The number of rotatable bonds is 7. The van der Waals surface area contributed by atoms with E-state index in [9.17, 15) is 14.7 Å². The lowest BCUT2D eigenvalue weighted by atomic mass is 9.89. The van der Waals surface area contributed by atoms with Crippen LogP contribution in [-0.4, -0.2) is 61.6 Å². The van der Waals surface area contributed by atoms with E-state index in [4.69, 9.17) is 4.74 Å². The van der Waals surface area contributed by atoms with Crippen LogP contribution in [0.15, 0.2) is 42.7 Å². The molecule has 0 radical (unpaired) electrons. The number of ketones is 1. The molecule has 1 atom stereocenters. The van der Waals surface area contributed by atoms with Crippen LogP contribution in [0.25, 0.3) is 5.69 Å². The molecule has 1 saturated heterocycles. The number of likely N-dealkylation sites (tertiary alicyclic amines) is 1. The molecule has 0 unspecified atom stereocenters. The van der Waals surface area contributed by atoms with Gasteiger partial charge in [-0.15, -0.1) is 5.10 Å². The minimum atomic E-state index is -0.627. The van der Waals surface area contributed by atoms with Crippen LogP contribution in [0.3, 0.4) is 0 Å². The van der Waals surface area contributed by atoms with Gasteiger partial charge in [0.05, 0.1) is 17.4 Å². The van der Waals surface area contributed by atoms with E-state index in [1.165, 1.54) is 6.33 Å². The molecule has 176 valence electrons. The Kier molecular flexibility index (Phi) is 6.21. The van der Waals surface area contributed by atoms with Crippen LogP contribution in [0.2, 0.25) is 0 Å². The van der Waals surface area contributed by atoms with Crippen molar-refractivity contribution in [2.75, 3.05) is 19.6 Å². The number of piperidine rings is 1. The summed E-state index contributed by atoms with van der Waals surface area (Å²) in [5.74, 6) is 0.191. The average molecular weight is 462 g/mol. The van der Waals surface area contributed by atoms with Crippen molar-refractivity contribution in [3.05, 3.63) is 70.5 Å². The SMILES string of the molecule is Cc1c([C@@H](O)CN2CCC(CC(=O)c3ccc(-n4cnnn4)cc3)CC2)ccc2c1COC2=O. The topological polar surface area (TPSA) is 110 Å². The number of tetrazole rings is 1. The van der Waals surface area contributed by atoms with E-state index in [1.807, 2.05) is 37.3 Å². The molecule has 5 rings (SSSR count). The maximum absolute atomic E-state index is 12.8. The van der Waals surface area contributed by atoms with Crippen molar-refractivity contribution < 1.29 is 19.4 Å². The van der Waals surface area contributed by atoms with Gasteiger partial charge in [-0.3, -0.25) is 4.79 Å². The van der Waals surface area contributed by atoms with Gasteiger partial charge in [0.25, 0.3) is 0 Å². The standard InChI is InChI=1S/C25H27N5O4/c1-16-20(6-7-21-22(16)14-34-25(21)33)24(32)13-29-10-8-17(9-11-29)12-23(31)18-2-4-19(5-3-18)30-15-26-27-28-30/h2-7,15,17,24,32H,8-14H2,1H3/t24-/m0/s1. The van der Waals surface area contributed by atoms with Gasteiger partial charge in [-0.25, -0.2) is 9.48 Å². The van der Waals surface area contributed by atoms with Crippen LogP contribution in [-0.2, 0) is 11.3 Å². The number of carbonyl (C=O) groups is 2. The zero-order valence-electron chi connectivity index (χ0n) is 19.1. The average Bonchev–Trinajstić information content (AvgIpc) is 3.51. The number of aliphatic hydroxyl groups is 1. The lowest BCUT2D eigenvalue weighted by molar-refractivity contribution is 0.0534. The van der Waals surface area contributed by atoms with E-state index >= 15 is 0 Å². The van der Waals surface area contributed by atoms with Crippen molar-refractivity contribution in [3.63, 3.8) is 0 Å². The Labute approximate surface area is 197 Å². The molecule has 3 heterocycles. The molecule has 0 aliphatic carbocycles. The summed E-state index contributed by atoms with van der Waals surface area (Å²) in [5, 5.41) is 22.0. The fourth-order valence-corrected chi connectivity index (χ4v) is 4.90. The number of nitrogens with zero attached hydrogens (tertiary/aromatic N) is 5. The number of hydrogen-bond donors (Lipinski definition) is 1. The predicted molar refractivity (Wildman–Crippen MR) is 123 cm³/mol. The number of fused-ring (bicyclic) bond motifs is 1. The van der Waals surface area contributed by atoms with Gasteiger partial charge in [0.2, 0.25) is 0 Å². The molecule has 0 amide bonds. The normalized spacial score (nSPS) is 17.4. The van der Waals surface area contributed by atoms with Crippen LogP contribution >= 0.6 is 0 Å². The summed E-state index contributed by atoms with van der Waals surface area (Å²) in [7, 11) is 0. The molecule has 9 nitrogen and oxygen atoms in total. The zero-order valence-corrected chi connectivity index (χ0v) is 19.1. The first-order chi connectivity index (χ1) is 16.5. The van der Waals surface area contributed by atoms with E-state index < -0.39 is 6.10 Å². The summed E-state index contributed by atoms with van der Waals surface area (Å²) in [5.41, 5.74) is 4.77. The number of aromatic nitrogens is 4. The van der Waals surface area contributed by atoms with Gasteiger partial charge in [-0.2, -0.15) is 0 Å². The zero-order chi connectivity index (χ0) is 23.7. The minimum Gasteiger partial charge on any atom is -0.457 e. The van der Waals surface area contributed by atoms with Crippen LogP contribution in [0.5, 0.6) is 0 Å². The number of hydrogen-bond acceptors (Lipinski definition) is 8. The summed E-state index contributed by atoms with van der Waals surface area (Å²) < 4.78 is 6.67. The summed E-state index contributed by atoms with van der Waals surface area (Å²) in [6.07, 6.45) is 3.26. The van der Waals surface area contributed by atoms with E-state index in [0.29, 0.717) is 30.0 Å². The molecule has 1 N–H and O–H groups in total. The van der Waals surface area contributed by atoms with Crippen molar-refractivity contribution in [1.82, 2.24) is 25.1 Å². The summed E-state index contributed by atoms with van der Waals surface area (Å²) in [4.78, 5) is 26.8. The van der Waals surface area contributed by atoms with Crippen LogP contribution in [0.4, 0.5) is 0 Å². The monoisotopic (exact) mass is 461 g/mol. The van der Waals surface area contributed by atoms with Gasteiger partial charge in [0.15, 0.2) is 5.78 Å². The highest BCUT2D eigenvalue weighted by molar-refractivity contribution is 5.96. The summed E-state index contributed by atoms with van der Waals surface area (Å²) >= 11 is 0. The Balaban J connectivity index is 1.13. The van der Waals surface area contributed by atoms with Gasteiger partial charge < -0.3 is 14.7 Å². The van der Waals surface area contributed by atoms with Gasteiger partial charge in [-0.1, -0.05) is 6.07 Å². The summed E-state index contributed by atoms with van der Waals surface area (Å²) in [6.45, 7) is 4.44. The maximum atomic E-state index is 12.8. The maximum Gasteiger partial charge on any atom is 0.338 e. The van der Waals surface area contributed by atoms with Gasteiger partial charge in [0, 0.05) is 24.1 Å². The van der Waals surface area contributed by atoms with Crippen LogP contribution < -0.4 is 0 Å². The number of β-amino-alcohol motifs (C(OH)–C–C–N with tert-alkyl or cyclic N) is 1. The van der Waals surface area contributed by atoms with Crippen molar-refractivity contribution in [2.45, 2.75) is 38.9 Å². The third-order valence-electron chi connectivity index (χ3n) is 6.98. The molecule has 0 bridgehead atoms. The lowest BCUT2D eigenvalue weighted by Gasteiger charge is -2.33. The lowest BCUT2D eigenvalue weighted by Crippen LogP contribution is -2.37. The molecular weight excluding hydrogens is 434 g/mol. The van der Waals surface area contributed by atoms with E-state index in [-0.39, 0.29) is 18.4 Å². The fraction of sp³-hybridized carbons (Fsp3) is 0.400. The highest BCUT2D eigenvalue weighted by atomic mass is 16.5. The first kappa shape index (κ1) is 22.4. The van der Waals surface area contributed by atoms with E-state index in [2.05, 4.69) is 20.4 Å². The quantitative estimate of drug-likeness (QED) is 0.422. The van der Waals surface area contributed by atoms with E-state index in [0.717, 1.165) is 48.3 Å². The minimum absolute atomic E-state index is 0.146. The molecule has 1 fully saturated rings. The smallest absolute Gasteiger partial charge is 0.338 e. The highest BCUT2D eigenvalue weighted by Gasteiger charge is 2.28. The molecule has 3 aromatic rings. The number of esters is 1. The second kappa shape index (κ2) is 9.44. The first-order valence-electron chi connectivity index (χ1n) is 11.6. The fourth-order valence-electron chi connectivity index (χ4n) is 4.90. The largest absolute Gasteiger partial charge is 0.457 e. The molecule has 2 aliphatic rings. The molecule has 9 heteroatoms. The Morgan fingerprint density at radius 3 is 2.65 bits per heavy atom. The number of carbonyl (C=O) groups excluding carboxylic acids is 2. The van der Waals surface area contributed by atoms with Crippen molar-refractivity contribution in [3.8, 4) is 5.69 Å².